The van der Waals surface area contributed by atoms with E-state index in [2.05, 4.69) is 20.6 Å². The van der Waals surface area contributed by atoms with Gasteiger partial charge in [-0.3, -0.25) is 4.79 Å². The van der Waals surface area contributed by atoms with E-state index in [1.165, 1.54) is 6.33 Å². The molecule has 0 bridgehead atoms. The first-order chi connectivity index (χ1) is 13.0. The van der Waals surface area contributed by atoms with Crippen molar-refractivity contribution in [3.63, 3.8) is 0 Å². The number of ether oxygens (including phenoxy) is 1. The minimum Gasteiger partial charge on any atom is -0.483 e. The molecule has 0 spiro atoms. The van der Waals surface area contributed by atoms with Crippen molar-refractivity contribution in [3.8, 4) is 11.4 Å². The van der Waals surface area contributed by atoms with E-state index in [0.717, 1.165) is 22.4 Å². The highest BCUT2D eigenvalue weighted by Crippen LogP contribution is 2.18. The fourth-order valence-corrected chi connectivity index (χ4v) is 2.45. The predicted octanol–water partition coefficient (Wildman–Crippen LogP) is 2.80. The molecule has 0 aliphatic carbocycles. The van der Waals surface area contributed by atoms with Crippen LogP contribution in [-0.4, -0.2) is 33.0 Å². The predicted molar refractivity (Wildman–Crippen MR) is 103 cm³/mol. The molecular formula is C20H21N5O2. The Kier molecular flexibility index (Phi) is 5.61. The van der Waals surface area contributed by atoms with Gasteiger partial charge in [0.2, 0.25) is 0 Å². The molecule has 7 heteroatoms. The fourth-order valence-electron chi connectivity index (χ4n) is 2.45. The number of nitrogens with one attached hydrogen (secondary N) is 1. The first kappa shape index (κ1) is 18.3. The zero-order valence-corrected chi connectivity index (χ0v) is 15.5. The van der Waals surface area contributed by atoms with Crippen LogP contribution >= 0.6 is 0 Å². The molecule has 1 N–H and O–H groups in total. The van der Waals surface area contributed by atoms with E-state index in [1.807, 2.05) is 63.2 Å². The zero-order chi connectivity index (χ0) is 19.2. The molecule has 1 amide bonds. The quantitative estimate of drug-likeness (QED) is 0.539. The topological polar surface area (TPSA) is 81.4 Å². The molecule has 0 saturated heterocycles. The van der Waals surface area contributed by atoms with Gasteiger partial charge in [-0.05, 0) is 55.7 Å². The molecule has 1 heterocycles. The van der Waals surface area contributed by atoms with E-state index in [-0.39, 0.29) is 12.5 Å². The zero-order valence-electron chi connectivity index (χ0n) is 15.5. The van der Waals surface area contributed by atoms with Gasteiger partial charge in [0.1, 0.15) is 18.4 Å². The van der Waals surface area contributed by atoms with E-state index >= 15 is 0 Å². The van der Waals surface area contributed by atoms with Crippen molar-refractivity contribution in [3.05, 3.63) is 71.8 Å². The smallest absolute Gasteiger partial charge is 0.277 e. The SMILES string of the molecule is C/C(=N\NC(=O)COc1cc(C)ccc1C)c1ccc(-n2cncn2)cc1. The summed E-state index contributed by atoms with van der Waals surface area (Å²) in [5, 5.41) is 8.22. The number of hydrogen-bond donors (Lipinski definition) is 1. The van der Waals surface area contributed by atoms with Gasteiger partial charge in [-0.1, -0.05) is 24.3 Å². The van der Waals surface area contributed by atoms with E-state index in [1.54, 1.807) is 11.0 Å². The molecule has 2 aromatic carbocycles. The van der Waals surface area contributed by atoms with Crippen LogP contribution in [0.5, 0.6) is 5.75 Å². The monoisotopic (exact) mass is 363 g/mol. The van der Waals surface area contributed by atoms with Crippen LogP contribution in [0.3, 0.4) is 0 Å². The van der Waals surface area contributed by atoms with Gasteiger partial charge >= 0.3 is 0 Å². The lowest BCUT2D eigenvalue weighted by Gasteiger charge is -2.09. The summed E-state index contributed by atoms with van der Waals surface area (Å²) in [6.07, 6.45) is 3.11. The number of amides is 1. The third-order valence-electron chi connectivity index (χ3n) is 4.02. The maximum absolute atomic E-state index is 12.0. The molecular weight excluding hydrogens is 342 g/mol. The van der Waals surface area contributed by atoms with Crippen LogP contribution < -0.4 is 10.2 Å². The van der Waals surface area contributed by atoms with E-state index in [9.17, 15) is 4.79 Å². The molecule has 0 fully saturated rings. The minimum atomic E-state index is -0.311. The van der Waals surface area contributed by atoms with Crippen molar-refractivity contribution in [1.82, 2.24) is 20.2 Å². The van der Waals surface area contributed by atoms with Gasteiger partial charge in [0, 0.05) is 0 Å². The van der Waals surface area contributed by atoms with Crippen LogP contribution in [0.2, 0.25) is 0 Å². The normalized spacial score (nSPS) is 11.3. The highest BCUT2D eigenvalue weighted by molar-refractivity contribution is 5.99. The molecule has 3 rings (SSSR count). The Morgan fingerprint density at radius 1 is 1.19 bits per heavy atom. The lowest BCUT2D eigenvalue weighted by Crippen LogP contribution is -2.25. The molecule has 0 saturated carbocycles. The Morgan fingerprint density at radius 2 is 1.96 bits per heavy atom. The van der Waals surface area contributed by atoms with Crippen molar-refractivity contribution in [2.75, 3.05) is 6.61 Å². The van der Waals surface area contributed by atoms with Crippen LogP contribution in [0, 0.1) is 13.8 Å². The Balaban J connectivity index is 1.56. The second kappa shape index (κ2) is 8.27. The highest BCUT2D eigenvalue weighted by Gasteiger charge is 2.06. The fraction of sp³-hybridized carbons (Fsp3) is 0.200. The summed E-state index contributed by atoms with van der Waals surface area (Å²) in [5.41, 5.74) is 7.08. The lowest BCUT2D eigenvalue weighted by molar-refractivity contribution is -0.123. The molecule has 0 atom stereocenters. The molecule has 1 aromatic heterocycles. The van der Waals surface area contributed by atoms with Crippen molar-refractivity contribution in [2.45, 2.75) is 20.8 Å². The van der Waals surface area contributed by atoms with Crippen molar-refractivity contribution < 1.29 is 9.53 Å². The molecule has 7 nitrogen and oxygen atoms in total. The number of carbonyl (C=O) groups is 1. The summed E-state index contributed by atoms with van der Waals surface area (Å²) in [5.74, 6) is 0.393. The molecule has 0 unspecified atom stereocenters. The maximum atomic E-state index is 12.0. The Labute approximate surface area is 157 Å². The van der Waals surface area contributed by atoms with Gasteiger partial charge in [-0.25, -0.2) is 15.1 Å². The van der Waals surface area contributed by atoms with E-state index in [0.29, 0.717) is 11.5 Å². The van der Waals surface area contributed by atoms with Gasteiger partial charge in [0.15, 0.2) is 6.61 Å². The number of hydrazone groups is 1. The standard InChI is InChI=1S/C20H21N5O2/c1-14-4-5-15(2)19(10-14)27-11-20(26)24-23-16(3)17-6-8-18(9-7-17)25-13-21-12-22-25/h4-10,12-13H,11H2,1-3H3,(H,24,26)/b23-16+. The van der Waals surface area contributed by atoms with Crippen LogP contribution in [-0.2, 0) is 4.79 Å². The van der Waals surface area contributed by atoms with Gasteiger partial charge in [-0.15, -0.1) is 0 Å². The van der Waals surface area contributed by atoms with E-state index < -0.39 is 0 Å². The van der Waals surface area contributed by atoms with Crippen LogP contribution in [0.15, 0.2) is 60.2 Å². The second-order valence-corrected chi connectivity index (χ2v) is 6.18. The van der Waals surface area contributed by atoms with Gasteiger partial charge in [-0.2, -0.15) is 10.2 Å². The first-order valence-corrected chi connectivity index (χ1v) is 8.51. The lowest BCUT2D eigenvalue weighted by atomic mass is 10.1. The summed E-state index contributed by atoms with van der Waals surface area (Å²) in [6.45, 7) is 5.66. The molecule has 0 aliphatic heterocycles. The molecule has 138 valence electrons. The molecule has 0 radical (unpaired) electrons. The summed E-state index contributed by atoms with van der Waals surface area (Å²) in [7, 11) is 0. The summed E-state index contributed by atoms with van der Waals surface area (Å²) >= 11 is 0. The largest absolute Gasteiger partial charge is 0.483 e. The Morgan fingerprint density at radius 3 is 2.67 bits per heavy atom. The van der Waals surface area contributed by atoms with Crippen LogP contribution in [0.25, 0.3) is 5.69 Å². The average Bonchev–Trinajstić information content (AvgIpc) is 3.21. The molecule has 3 aromatic rings. The van der Waals surface area contributed by atoms with Crippen molar-refractivity contribution in [2.24, 2.45) is 5.10 Å². The van der Waals surface area contributed by atoms with Crippen LogP contribution in [0.4, 0.5) is 0 Å². The number of carbonyl (C=O) groups excluding carboxylic acids is 1. The summed E-state index contributed by atoms with van der Waals surface area (Å²) < 4.78 is 7.25. The van der Waals surface area contributed by atoms with E-state index in [4.69, 9.17) is 4.74 Å². The van der Waals surface area contributed by atoms with Crippen molar-refractivity contribution >= 4 is 11.6 Å². The number of aryl methyl sites for hydroxylation is 2. The summed E-state index contributed by atoms with van der Waals surface area (Å²) in [6, 6.07) is 13.5. The van der Waals surface area contributed by atoms with Crippen LogP contribution in [0.1, 0.15) is 23.6 Å². The highest BCUT2D eigenvalue weighted by atomic mass is 16.5. The number of aromatic nitrogens is 3. The summed E-state index contributed by atoms with van der Waals surface area (Å²) in [4.78, 5) is 15.9. The number of rotatable bonds is 6. The Bertz CT molecular complexity index is 947. The Hall–Kier alpha value is -3.48. The van der Waals surface area contributed by atoms with Gasteiger partial charge in [0.05, 0.1) is 11.4 Å². The minimum absolute atomic E-state index is 0.0910. The second-order valence-electron chi connectivity index (χ2n) is 6.18. The third-order valence-corrected chi connectivity index (χ3v) is 4.02. The van der Waals surface area contributed by atoms with Gasteiger partial charge < -0.3 is 4.74 Å². The number of benzene rings is 2. The number of nitrogens with zero attached hydrogens (tertiary/aromatic N) is 4. The number of hydrogen-bond acceptors (Lipinski definition) is 5. The van der Waals surface area contributed by atoms with Crippen molar-refractivity contribution in [1.29, 1.82) is 0 Å². The average molecular weight is 363 g/mol. The third kappa shape index (κ3) is 4.78. The van der Waals surface area contributed by atoms with Gasteiger partial charge in [0.25, 0.3) is 5.91 Å². The first-order valence-electron chi connectivity index (χ1n) is 8.51. The molecule has 0 aliphatic rings. The molecule has 27 heavy (non-hydrogen) atoms. The maximum Gasteiger partial charge on any atom is 0.277 e.